The summed E-state index contributed by atoms with van der Waals surface area (Å²) in [5.74, 6) is 0.319. The molecule has 0 N–H and O–H groups in total. The fourth-order valence-corrected chi connectivity index (χ4v) is 4.82. The minimum atomic E-state index is -0.342. The van der Waals surface area contributed by atoms with E-state index in [9.17, 15) is 9.59 Å². The lowest BCUT2D eigenvalue weighted by Crippen LogP contribution is -2.39. The summed E-state index contributed by atoms with van der Waals surface area (Å²) < 4.78 is 4.44. The minimum Gasteiger partial charge on any atom is -0.311 e. The molecule has 35 heavy (non-hydrogen) atoms. The predicted octanol–water partition coefficient (Wildman–Crippen LogP) is 3.91. The van der Waals surface area contributed by atoms with Crippen LogP contribution in [0.1, 0.15) is 37.3 Å². The average molecular weight is 467 g/mol. The number of benzene rings is 2. The molecule has 0 aliphatic carbocycles. The van der Waals surface area contributed by atoms with E-state index in [1.165, 1.54) is 14.6 Å². The van der Waals surface area contributed by atoms with Crippen LogP contribution >= 0.6 is 0 Å². The minimum absolute atomic E-state index is 0.112. The highest BCUT2D eigenvalue weighted by Crippen LogP contribution is 2.27. The zero-order chi connectivity index (χ0) is 24.1. The maximum absolute atomic E-state index is 13.2. The van der Waals surface area contributed by atoms with Crippen molar-refractivity contribution in [2.45, 2.75) is 39.2 Å². The zero-order valence-corrected chi connectivity index (χ0v) is 19.8. The lowest BCUT2D eigenvalue weighted by molar-refractivity contribution is -0.119. The van der Waals surface area contributed by atoms with E-state index in [1.54, 1.807) is 21.8 Å². The van der Waals surface area contributed by atoms with Gasteiger partial charge in [-0.1, -0.05) is 56.3 Å². The van der Waals surface area contributed by atoms with Crippen molar-refractivity contribution in [1.82, 2.24) is 23.8 Å². The van der Waals surface area contributed by atoms with Gasteiger partial charge in [-0.05, 0) is 42.0 Å². The Hall–Kier alpha value is -4.20. The molecule has 1 aliphatic heterocycles. The van der Waals surface area contributed by atoms with Crippen LogP contribution < -0.4 is 10.6 Å². The highest BCUT2D eigenvalue weighted by molar-refractivity contribution is 5.94. The van der Waals surface area contributed by atoms with E-state index < -0.39 is 0 Å². The van der Waals surface area contributed by atoms with Crippen LogP contribution in [-0.2, 0) is 17.8 Å². The molecule has 5 aromatic rings. The molecule has 8 heteroatoms. The van der Waals surface area contributed by atoms with E-state index >= 15 is 0 Å². The summed E-state index contributed by atoms with van der Waals surface area (Å²) in [6.07, 6.45) is 5.24. The molecular weight excluding hydrogens is 440 g/mol. The van der Waals surface area contributed by atoms with Gasteiger partial charge in [0.1, 0.15) is 12.1 Å². The molecule has 0 saturated carbocycles. The van der Waals surface area contributed by atoms with Gasteiger partial charge in [0.05, 0.1) is 5.69 Å². The van der Waals surface area contributed by atoms with Gasteiger partial charge in [-0.15, -0.1) is 5.10 Å². The predicted molar refractivity (Wildman–Crippen MR) is 135 cm³/mol. The quantitative estimate of drug-likeness (QED) is 0.402. The molecule has 8 nitrogen and oxygen atoms in total. The molecule has 0 fully saturated rings. The van der Waals surface area contributed by atoms with Crippen LogP contribution in [0.4, 0.5) is 5.69 Å². The van der Waals surface area contributed by atoms with E-state index in [-0.39, 0.29) is 18.1 Å². The maximum atomic E-state index is 13.2. The van der Waals surface area contributed by atoms with Crippen molar-refractivity contribution in [3.8, 4) is 11.3 Å². The van der Waals surface area contributed by atoms with Crippen molar-refractivity contribution in [2.24, 2.45) is 0 Å². The van der Waals surface area contributed by atoms with Gasteiger partial charge in [-0.3, -0.25) is 4.79 Å². The molecule has 4 heterocycles. The standard InChI is InChI=1S/C27H26N6O2/c1-18(2)19-9-11-20(12-10-19)22-16-24-26-29-33(27(35)31(26)14-15-32(24)28-22)17-25(34)30-13-5-7-21-6-3-4-8-23(21)30/h3-4,6,8-12,14-16,18H,5,7,13,17H2,1-2H3. The number of carbonyl (C=O) groups excluding carboxylic acids is 1. The number of rotatable bonds is 4. The van der Waals surface area contributed by atoms with Gasteiger partial charge in [0, 0.05) is 30.2 Å². The number of amides is 1. The van der Waals surface area contributed by atoms with Crippen LogP contribution in [0.3, 0.4) is 0 Å². The Bertz CT molecular complexity index is 1620. The third kappa shape index (κ3) is 3.62. The SMILES string of the molecule is CC(C)c1ccc(-c2cc3c4nn(CC(=O)N5CCCc6ccccc65)c(=O)n4ccn3n2)cc1. The highest BCUT2D eigenvalue weighted by Gasteiger charge is 2.24. The molecule has 1 amide bonds. The van der Waals surface area contributed by atoms with Crippen molar-refractivity contribution >= 4 is 22.8 Å². The third-order valence-corrected chi connectivity index (χ3v) is 6.76. The number of para-hydroxylation sites is 1. The van der Waals surface area contributed by atoms with Crippen molar-refractivity contribution in [1.29, 1.82) is 0 Å². The number of carbonyl (C=O) groups is 1. The van der Waals surface area contributed by atoms with Gasteiger partial charge in [0.2, 0.25) is 5.91 Å². The number of hydrogen-bond donors (Lipinski definition) is 0. The first-order valence-electron chi connectivity index (χ1n) is 12.0. The van der Waals surface area contributed by atoms with E-state index in [2.05, 4.69) is 54.4 Å². The number of aromatic nitrogens is 5. The molecule has 0 radical (unpaired) electrons. The van der Waals surface area contributed by atoms with Gasteiger partial charge in [0.25, 0.3) is 0 Å². The Morgan fingerprint density at radius 2 is 1.83 bits per heavy atom. The van der Waals surface area contributed by atoms with Crippen LogP contribution in [0, 0.1) is 0 Å². The van der Waals surface area contributed by atoms with E-state index in [0.29, 0.717) is 23.6 Å². The summed E-state index contributed by atoms with van der Waals surface area (Å²) in [5.41, 5.74) is 5.99. The fraction of sp³-hybridized carbons (Fsp3) is 0.259. The lowest BCUT2D eigenvalue weighted by Gasteiger charge is -2.29. The first-order valence-corrected chi connectivity index (χ1v) is 12.0. The molecular formula is C27H26N6O2. The maximum Gasteiger partial charge on any atom is 0.350 e. The van der Waals surface area contributed by atoms with E-state index in [0.717, 1.165) is 35.3 Å². The van der Waals surface area contributed by atoms with Crippen LogP contribution in [0.25, 0.3) is 22.4 Å². The largest absolute Gasteiger partial charge is 0.350 e. The van der Waals surface area contributed by atoms with Crippen molar-refractivity contribution in [2.75, 3.05) is 11.4 Å². The molecule has 0 unspecified atom stereocenters. The van der Waals surface area contributed by atoms with Crippen LogP contribution in [0.15, 0.2) is 71.8 Å². The summed E-state index contributed by atoms with van der Waals surface area (Å²) in [6, 6.07) is 18.2. The van der Waals surface area contributed by atoms with Crippen LogP contribution in [0.2, 0.25) is 0 Å². The normalized spacial score (nSPS) is 13.6. The van der Waals surface area contributed by atoms with Gasteiger partial charge >= 0.3 is 5.69 Å². The summed E-state index contributed by atoms with van der Waals surface area (Å²) >= 11 is 0. The first-order chi connectivity index (χ1) is 17.0. The monoisotopic (exact) mass is 466 g/mol. The summed E-state index contributed by atoms with van der Waals surface area (Å²) in [7, 11) is 0. The van der Waals surface area contributed by atoms with Gasteiger partial charge in [0.15, 0.2) is 5.65 Å². The van der Waals surface area contributed by atoms with E-state index in [1.807, 2.05) is 24.3 Å². The van der Waals surface area contributed by atoms with Gasteiger partial charge < -0.3 is 4.90 Å². The van der Waals surface area contributed by atoms with Crippen LogP contribution in [-0.4, -0.2) is 36.2 Å². The molecule has 2 aromatic carbocycles. The Kier molecular flexibility index (Phi) is 5.02. The van der Waals surface area contributed by atoms with Crippen molar-refractivity contribution in [3.63, 3.8) is 0 Å². The summed E-state index contributed by atoms with van der Waals surface area (Å²) in [4.78, 5) is 28.0. The number of fused-ring (bicyclic) bond motifs is 4. The third-order valence-electron chi connectivity index (χ3n) is 6.76. The molecule has 1 aliphatic rings. The van der Waals surface area contributed by atoms with Gasteiger partial charge in [-0.2, -0.15) is 5.10 Å². The fourth-order valence-electron chi connectivity index (χ4n) is 4.82. The Morgan fingerprint density at radius 3 is 2.63 bits per heavy atom. The average Bonchev–Trinajstić information content (AvgIpc) is 3.45. The molecule has 0 saturated heterocycles. The number of nitrogens with zero attached hydrogens (tertiary/aromatic N) is 6. The Balaban J connectivity index is 1.35. The van der Waals surface area contributed by atoms with Crippen molar-refractivity contribution in [3.05, 3.63) is 88.6 Å². The number of aryl methyl sites for hydroxylation is 1. The second kappa shape index (κ2) is 8.23. The summed E-state index contributed by atoms with van der Waals surface area (Å²) in [6.45, 7) is 4.86. The number of hydrogen-bond acceptors (Lipinski definition) is 4. The second-order valence-corrected chi connectivity index (χ2v) is 9.35. The molecule has 3 aromatic heterocycles. The number of anilines is 1. The molecule has 6 rings (SSSR count). The lowest BCUT2D eigenvalue weighted by atomic mass is 10.0. The zero-order valence-electron chi connectivity index (χ0n) is 19.8. The smallest absolute Gasteiger partial charge is 0.311 e. The first kappa shape index (κ1) is 21.3. The second-order valence-electron chi connectivity index (χ2n) is 9.35. The molecule has 0 bridgehead atoms. The molecule has 0 spiro atoms. The Morgan fingerprint density at radius 1 is 1.03 bits per heavy atom. The highest BCUT2D eigenvalue weighted by atomic mass is 16.2. The Labute approximate surface area is 202 Å². The topological polar surface area (TPSA) is 76.9 Å². The van der Waals surface area contributed by atoms with Crippen molar-refractivity contribution < 1.29 is 4.79 Å². The van der Waals surface area contributed by atoms with E-state index in [4.69, 9.17) is 0 Å². The van der Waals surface area contributed by atoms with Crippen LogP contribution in [0.5, 0.6) is 0 Å². The molecule has 0 atom stereocenters. The molecule has 176 valence electrons. The van der Waals surface area contributed by atoms with Gasteiger partial charge in [-0.25, -0.2) is 18.4 Å². The summed E-state index contributed by atoms with van der Waals surface area (Å²) in [5, 5.41) is 9.22.